The van der Waals surface area contributed by atoms with Crippen molar-refractivity contribution in [3.05, 3.63) is 117 Å². The van der Waals surface area contributed by atoms with E-state index in [1.165, 1.54) is 22.8 Å². The number of hydrogen-bond donors (Lipinski definition) is 2. The standard InChI is InChI=1S/C49H55ClN10O8S/c1-49(2)15-13-34(40(26-49)32-5-7-35(50)8-6-32)28-56-17-19-57(20-18-56)36-9-11-39(42(24-36)59-43-23-33-14-16-51-47(33)53-41(43)27-52-59)48(62)54-69(65,66)38-10-12-45(44(25-38)60(63)64)68-31-37-29-58(21-22-67-37)46(61)30-55(3)4/h5-12,14,16,23-25,27,37H,13,15,17-22,26,28-31H2,1-4H3,(H,51,53)(H,54,62)/t37-/m0/s1. The van der Waals surface area contributed by atoms with E-state index in [1.807, 2.05) is 30.3 Å². The SMILES string of the molecule is CN(C)CC(=O)N1CCO[C@H](COc2ccc(S(=O)(=O)NC(=O)c3ccc(N4CCN(CC5=C(c6ccc(Cl)cc6)CC(C)(C)CC5)CC4)cc3-n3ncc4nc5[nH]ccc5cc43)cc2[N+](=O)[O-])C1. The molecule has 2 saturated heterocycles. The number of ether oxygens (including phenoxy) is 2. The number of aromatic nitrogens is 4. The van der Waals surface area contributed by atoms with E-state index >= 15 is 0 Å². The van der Waals surface area contributed by atoms with Gasteiger partial charge in [0.25, 0.3) is 15.9 Å². The van der Waals surface area contributed by atoms with E-state index < -0.39 is 37.5 Å². The highest BCUT2D eigenvalue weighted by Gasteiger charge is 2.32. The first-order valence-electron chi connectivity index (χ1n) is 22.9. The lowest BCUT2D eigenvalue weighted by Gasteiger charge is -2.39. The summed E-state index contributed by atoms with van der Waals surface area (Å²) in [6.07, 6.45) is 5.95. The van der Waals surface area contributed by atoms with E-state index in [0.29, 0.717) is 42.0 Å². The maximum absolute atomic E-state index is 14.3. The molecule has 69 heavy (non-hydrogen) atoms. The minimum absolute atomic E-state index is 0.00191. The number of nitro benzene ring substituents is 1. The van der Waals surface area contributed by atoms with Crippen LogP contribution in [-0.4, -0.2) is 145 Å². The lowest BCUT2D eigenvalue weighted by atomic mass is 9.72. The summed E-state index contributed by atoms with van der Waals surface area (Å²) in [4.78, 5) is 53.9. The third-order valence-electron chi connectivity index (χ3n) is 13.1. The molecule has 3 aromatic carbocycles. The average molecular weight is 980 g/mol. The number of rotatable bonds is 14. The van der Waals surface area contributed by atoms with Gasteiger partial charge >= 0.3 is 5.69 Å². The van der Waals surface area contributed by atoms with E-state index in [0.717, 1.165) is 67.1 Å². The number of H-pyrrole nitrogens is 1. The number of fused-ring (bicyclic) bond motifs is 2. The van der Waals surface area contributed by atoms with Gasteiger partial charge in [0.15, 0.2) is 5.75 Å². The summed E-state index contributed by atoms with van der Waals surface area (Å²) < 4.78 is 43.1. The Hall–Kier alpha value is -6.38. The predicted molar refractivity (Wildman–Crippen MR) is 263 cm³/mol. The van der Waals surface area contributed by atoms with Crippen molar-refractivity contribution in [3.8, 4) is 11.4 Å². The number of aromatic amines is 1. The number of morpholine rings is 1. The zero-order valence-corrected chi connectivity index (χ0v) is 40.6. The molecule has 0 bridgehead atoms. The molecule has 2 amide bonds. The number of carbonyl (C=O) groups excluding carboxylic acids is 2. The van der Waals surface area contributed by atoms with E-state index in [4.69, 9.17) is 26.1 Å². The highest BCUT2D eigenvalue weighted by molar-refractivity contribution is 7.90. The predicted octanol–water partition coefficient (Wildman–Crippen LogP) is 6.54. The van der Waals surface area contributed by atoms with E-state index in [9.17, 15) is 28.1 Å². The Morgan fingerprint density at radius 1 is 1.03 bits per heavy atom. The number of allylic oxidation sites excluding steroid dienone is 1. The van der Waals surface area contributed by atoms with Crippen molar-refractivity contribution in [2.24, 2.45) is 5.41 Å². The molecule has 3 aromatic heterocycles. The van der Waals surface area contributed by atoms with Crippen molar-refractivity contribution in [1.29, 1.82) is 0 Å². The monoisotopic (exact) mass is 978 g/mol. The number of nitrogens with one attached hydrogen (secondary N) is 2. The Morgan fingerprint density at radius 2 is 1.81 bits per heavy atom. The van der Waals surface area contributed by atoms with Crippen LogP contribution in [0.15, 0.2) is 95.7 Å². The van der Waals surface area contributed by atoms with Crippen LogP contribution in [0.25, 0.3) is 33.3 Å². The molecule has 3 aliphatic rings. The van der Waals surface area contributed by atoms with Crippen molar-refractivity contribution in [2.75, 3.05) is 84.6 Å². The number of halogens is 1. The molecule has 2 fully saturated rings. The molecule has 9 rings (SSSR count). The molecule has 5 heterocycles. The molecule has 18 nitrogen and oxygen atoms in total. The van der Waals surface area contributed by atoms with Gasteiger partial charge in [-0.15, -0.1) is 0 Å². The summed E-state index contributed by atoms with van der Waals surface area (Å²) in [5.74, 6) is -1.25. The van der Waals surface area contributed by atoms with Gasteiger partial charge in [-0.3, -0.25) is 24.6 Å². The van der Waals surface area contributed by atoms with Gasteiger partial charge in [0, 0.05) is 67.6 Å². The summed E-state index contributed by atoms with van der Waals surface area (Å²) in [5.41, 5.74) is 6.62. The molecule has 2 N–H and O–H groups in total. The Morgan fingerprint density at radius 3 is 2.57 bits per heavy atom. The zero-order chi connectivity index (χ0) is 48.6. The number of benzene rings is 3. The smallest absolute Gasteiger partial charge is 0.312 e. The number of nitro groups is 1. The van der Waals surface area contributed by atoms with Crippen molar-refractivity contribution in [2.45, 2.75) is 44.1 Å². The van der Waals surface area contributed by atoms with Crippen LogP contribution in [0.1, 0.15) is 49.0 Å². The van der Waals surface area contributed by atoms with Crippen LogP contribution in [0.5, 0.6) is 5.75 Å². The average Bonchev–Trinajstić information content (AvgIpc) is 3.97. The Bertz CT molecular complexity index is 3070. The van der Waals surface area contributed by atoms with Gasteiger partial charge in [-0.25, -0.2) is 22.8 Å². The minimum Gasteiger partial charge on any atom is -0.484 e. The topological polar surface area (TPSA) is 201 Å². The summed E-state index contributed by atoms with van der Waals surface area (Å²) in [6.45, 7) is 9.55. The first-order valence-corrected chi connectivity index (χ1v) is 24.8. The van der Waals surface area contributed by atoms with Gasteiger partial charge in [-0.05, 0) is 105 Å². The van der Waals surface area contributed by atoms with Crippen LogP contribution in [0.2, 0.25) is 5.02 Å². The first kappa shape index (κ1) is 47.7. The quantitative estimate of drug-likeness (QED) is 0.0882. The summed E-state index contributed by atoms with van der Waals surface area (Å²) in [5, 5.41) is 18.5. The Balaban J connectivity index is 0.946. The fourth-order valence-electron chi connectivity index (χ4n) is 9.36. The molecule has 1 atom stereocenters. The normalized spacial score (nSPS) is 18.0. The number of hydrogen-bond acceptors (Lipinski definition) is 13. The number of piperazine rings is 1. The van der Waals surface area contributed by atoms with Crippen LogP contribution in [0.4, 0.5) is 11.4 Å². The minimum atomic E-state index is -4.68. The van der Waals surface area contributed by atoms with E-state index in [1.54, 1.807) is 53.1 Å². The summed E-state index contributed by atoms with van der Waals surface area (Å²) in [6, 6.07) is 20.3. The van der Waals surface area contributed by atoms with Crippen LogP contribution < -0.4 is 14.4 Å². The number of amides is 2. The fourth-order valence-corrected chi connectivity index (χ4v) is 10.5. The molecule has 0 unspecified atom stereocenters. The lowest BCUT2D eigenvalue weighted by Crippen LogP contribution is -2.49. The van der Waals surface area contributed by atoms with Crippen LogP contribution in [0.3, 0.4) is 0 Å². The molecule has 6 aromatic rings. The number of nitrogens with zero attached hydrogens (tertiary/aromatic N) is 8. The van der Waals surface area contributed by atoms with Crippen molar-refractivity contribution in [3.63, 3.8) is 0 Å². The van der Waals surface area contributed by atoms with E-state index in [2.05, 4.69) is 50.6 Å². The highest BCUT2D eigenvalue weighted by atomic mass is 35.5. The van der Waals surface area contributed by atoms with Crippen LogP contribution in [0, 0.1) is 15.5 Å². The van der Waals surface area contributed by atoms with Gasteiger partial charge in [-0.2, -0.15) is 5.10 Å². The third kappa shape index (κ3) is 10.6. The van der Waals surface area contributed by atoms with Gasteiger partial charge < -0.3 is 29.2 Å². The number of likely N-dealkylation sites (N-methyl/N-ethyl adjacent to an activating group) is 1. The molecule has 0 radical (unpaired) electrons. The molecule has 0 saturated carbocycles. The third-order valence-corrected chi connectivity index (χ3v) is 14.7. The summed E-state index contributed by atoms with van der Waals surface area (Å²) in [7, 11) is -1.09. The van der Waals surface area contributed by atoms with Gasteiger partial charge in [0.2, 0.25) is 5.91 Å². The second-order valence-corrected chi connectivity index (χ2v) is 21.1. The van der Waals surface area contributed by atoms with Gasteiger partial charge in [-0.1, -0.05) is 43.2 Å². The van der Waals surface area contributed by atoms with E-state index in [-0.39, 0.29) is 48.9 Å². The molecule has 20 heteroatoms. The van der Waals surface area contributed by atoms with Gasteiger partial charge in [0.1, 0.15) is 23.9 Å². The molecular formula is C49H55ClN10O8S. The molecule has 2 aliphatic heterocycles. The van der Waals surface area contributed by atoms with Crippen LogP contribution in [-0.2, 0) is 19.6 Å². The van der Waals surface area contributed by atoms with Gasteiger partial charge in [0.05, 0.1) is 52.5 Å². The Labute approximate surface area is 405 Å². The van der Waals surface area contributed by atoms with Crippen LogP contribution >= 0.6 is 11.6 Å². The lowest BCUT2D eigenvalue weighted by molar-refractivity contribution is -0.386. The van der Waals surface area contributed by atoms with Crippen molar-refractivity contribution in [1.82, 2.24) is 39.2 Å². The molecule has 362 valence electrons. The maximum atomic E-state index is 14.3. The number of carbonyl (C=O) groups is 2. The van der Waals surface area contributed by atoms with Crippen molar-refractivity contribution < 1.29 is 32.4 Å². The number of sulfonamides is 1. The molecule has 0 spiro atoms. The van der Waals surface area contributed by atoms with Crippen molar-refractivity contribution >= 4 is 72.5 Å². The second kappa shape index (κ2) is 19.6. The maximum Gasteiger partial charge on any atom is 0.312 e. The molecule has 1 aliphatic carbocycles. The number of pyridine rings is 1. The zero-order valence-electron chi connectivity index (χ0n) is 39.0. The summed E-state index contributed by atoms with van der Waals surface area (Å²) >= 11 is 6.26. The Kier molecular flexibility index (Phi) is 13.5. The number of anilines is 1. The second-order valence-electron chi connectivity index (χ2n) is 19.0. The fraction of sp³-hybridized carbons (Fsp3) is 0.388. The first-order chi connectivity index (χ1) is 33.0. The molecular weight excluding hydrogens is 924 g/mol. The largest absolute Gasteiger partial charge is 0.484 e. The highest BCUT2D eigenvalue weighted by Crippen LogP contribution is 2.43.